The number of carbonyl (C=O) groups excluding carboxylic acids is 3. The van der Waals surface area contributed by atoms with Gasteiger partial charge in [0.1, 0.15) is 13.2 Å². The number of esters is 2. The Morgan fingerprint density at radius 2 is 0.655 bits per heavy atom. The quantitative estimate of drug-likeness (QED) is 0.0195. The number of carboxylic acid groups (broad SMARTS) is 1. The predicted molar refractivity (Wildman–Crippen MR) is 371 cm³/mol. The number of ether oxygens (including phenoxy) is 4. The highest BCUT2D eigenvalue weighted by Crippen LogP contribution is 2.19. The fourth-order valence-corrected chi connectivity index (χ4v) is 11.1. The molecule has 0 rings (SSSR count). The number of aliphatic carboxylic acids is 1. The van der Waals surface area contributed by atoms with Crippen molar-refractivity contribution in [2.75, 3.05) is 47.5 Å². The van der Waals surface area contributed by atoms with Crippen LogP contribution in [-0.2, 0) is 33.3 Å². The van der Waals surface area contributed by atoms with Crippen molar-refractivity contribution in [3.63, 3.8) is 0 Å². The highest BCUT2D eigenvalue weighted by molar-refractivity contribution is 5.70. The number of carboxylic acids is 1. The topological polar surface area (TPSA) is 111 Å². The Kier molecular flexibility index (Phi) is 66.5. The van der Waals surface area contributed by atoms with Gasteiger partial charge in [-0.1, -0.05) is 351 Å². The lowest BCUT2D eigenvalue weighted by Gasteiger charge is -2.26. The van der Waals surface area contributed by atoms with Crippen LogP contribution in [0.2, 0.25) is 0 Å². The van der Waals surface area contributed by atoms with Crippen LogP contribution in [0.3, 0.4) is 0 Å². The van der Waals surface area contributed by atoms with E-state index in [0.29, 0.717) is 23.9 Å². The van der Waals surface area contributed by atoms with Crippen molar-refractivity contribution in [1.29, 1.82) is 0 Å². The van der Waals surface area contributed by atoms with Crippen molar-refractivity contribution in [3.8, 4) is 0 Å². The first kappa shape index (κ1) is 84.0. The van der Waals surface area contributed by atoms with Crippen molar-refractivity contribution in [3.05, 3.63) is 60.8 Å². The van der Waals surface area contributed by atoms with E-state index in [-0.39, 0.29) is 32.2 Å². The molecule has 87 heavy (non-hydrogen) atoms. The molecule has 2 atom stereocenters. The molecule has 0 N–H and O–H groups in total. The van der Waals surface area contributed by atoms with E-state index < -0.39 is 24.3 Å². The van der Waals surface area contributed by atoms with Crippen molar-refractivity contribution in [1.82, 2.24) is 0 Å². The number of nitrogens with zero attached hydrogens (tertiary/aromatic N) is 1. The largest absolute Gasteiger partial charge is 0.545 e. The maximum absolute atomic E-state index is 13.0. The standard InChI is InChI=1S/C78H143NO8/c1-6-8-10-12-14-16-18-20-22-24-26-28-30-32-34-36-38-40-42-44-46-48-50-52-54-56-58-60-62-64-66-68-75(80)85-72-74(73-86-78(77(82)83)84-71-70-79(3,4)5)87-76(81)69-67-65-63-61-59-57-55-53-51-49-47-45-43-41-39-37-35-33-31-29-27-25-23-21-19-17-15-13-11-9-7-2/h9,11,15,17,21,23,27,29,33,35,74,78H,6-8,10,12-14,16,18-20,22,24-26,28,30-32,34,36-73H2,1-5H3/b11-9-,17-15-,23-21-,29-27-,35-33-. The van der Waals surface area contributed by atoms with Gasteiger partial charge in [-0.2, -0.15) is 0 Å². The molecule has 9 nitrogen and oxygen atoms in total. The van der Waals surface area contributed by atoms with Crippen LogP contribution in [-0.4, -0.2) is 82.3 Å². The number of rotatable bonds is 70. The molecule has 0 aliphatic rings. The summed E-state index contributed by atoms with van der Waals surface area (Å²) in [6.07, 6.45) is 87.5. The summed E-state index contributed by atoms with van der Waals surface area (Å²) in [5, 5.41) is 11.8. The van der Waals surface area contributed by atoms with Gasteiger partial charge in [-0.15, -0.1) is 0 Å². The van der Waals surface area contributed by atoms with Crippen LogP contribution in [0, 0.1) is 0 Å². The van der Waals surface area contributed by atoms with Crippen LogP contribution in [0.15, 0.2) is 60.8 Å². The molecule has 0 radical (unpaired) electrons. The van der Waals surface area contributed by atoms with Crippen LogP contribution in [0.4, 0.5) is 0 Å². The Bertz CT molecular complexity index is 1610. The molecule has 0 aliphatic heterocycles. The molecule has 0 fully saturated rings. The summed E-state index contributed by atoms with van der Waals surface area (Å²) in [5.41, 5.74) is 0. The first-order chi connectivity index (χ1) is 42.6. The van der Waals surface area contributed by atoms with Crippen molar-refractivity contribution < 1.29 is 42.9 Å². The smallest absolute Gasteiger partial charge is 0.306 e. The SMILES string of the molecule is CC/C=C\C/C=C\C/C=C\C/C=C\C/C=C\CCCCCCCCCCCCCCCCCC(=O)OC(COC(=O)CCCCCCCCCCCCCCCCCCCCCCCCCCCCCCCCC)COC(OCC[N+](C)(C)C)C(=O)[O-]. The van der Waals surface area contributed by atoms with Gasteiger partial charge in [0, 0.05) is 12.8 Å². The minimum absolute atomic E-state index is 0.149. The summed E-state index contributed by atoms with van der Waals surface area (Å²) >= 11 is 0. The zero-order valence-electron chi connectivity index (χ0n) is 58.2. The van der Waals surface area contributed by atoms with Crippen LogP contribution in [0.5, 0.6) is 0 Å². The highest BCUT2D eigenvalue weighted by Gasteiger charge is 2.22. The van der Waals surface area contributed by atoms with Gasteiger partial charge in [-0.05, 0) is 57.8 Å². The Morgan fingerprint density at radius 1 is 0.356 bits per heavy atom. The fraction of sp³-hybridized carbons (Fsp3) is 0.833. The van der Waals surface area contributed by atoms with E-state index in [4.69, 9.17) is 18.9 Å². The fourth-order valence-electron chi connectivity index (χ4n) is 11.1. The second-order valence-electron chi connectivity index (χ2n) is 26.6. The minimum Gasteiger partial charge on any atom is -0.545 e. The summed E-state index contributed by atoms with van der Waals surface area (Å²) in [4.78, 5) is 37.5. The molecule has 9 heteroatoms. The minimum atomic E-state index is -1.62. The van der Waals surface area contributed by atoms with Gasteiger partial charge in [-0.25, -0.2) is 0 Å². The summed E-state index contributed by atoms with van der Waals surface area (Å²) in [5.74, 6) is -2.26. The molecule has 0 heterocycles. The first-order valence-electron chi connectivity index (χ1n) is 37.4. The normalized spacial score (nSPS) is 13.0. The molecule has 0 aromatic heterocycles. The molecule has 0 spiro atoms. The molecule has 508 valence electrons. The Balaban J connectivity index is 4.04. The van der Waals surface area contributed by atoms with Gasteiger partial charge in [-0.3, -0.25) is 9.59 Å². The second kappa shape index (κ2) is 68.9. The zero-order chi connectivity index (χ0) is 63.3. The Hall–Kier alpha value is -3.01. The second-order valence-corrected chi connectivity index (χ2v) is 26.6. The molecule has 0 aromatic carbocycles. The zero-order valence-corrected chi connectivity index (χ0v) is 58.2. The Labute approximate surface area is 539 Å². The molecule has 0 aliphatic carbocycles. The van der Waals surface area contributed by atoms with Gasteiger partial charge < -0.3 is 33.3 Å². The average molecular weight is 1220 g/mol. The lowest BCUT2D eigenvalue weighted by atomic mass is 10.0. The molecule has 0 saturated heterocycles. The summed E-state index contributed by atoms with van der Waals surface area (Å²) in [6, 6.07) is 0. The number of hydrogen-bond donors (Lipinski definition) is 0. The predicted octanol–water partition coefficient (Wildman–Crippen LogP) is 22.1. The number of hydrogen-bond acceptors (Lipinski definition) is 8. The van der Waals surface area contributed by atoms with Crippen molar-refractivity contribution in [2.45, 2.75) is 373 Å². The summed E-state index contributed by atoms with van der Waals surface area (Å²) < 4.78 is 22.9. The monoisotopic (exact) mass is 1220 g/mol. The third-order valence-electron chi connectivity index (χ3n) is 16.8. The van der Waals surface area contributed by atoms with Gasteiger partial charge >= 0.3 is 11.9 Å². The van der Waals surface area contributed by atoms with Crippen molar-refractivity contribution >= 4 is 17.9 Å². The third kappa shape index (κ3) is 70.3. The lowest BCUT2D eigenvalue weighted by Crippen LogP contribution is -2.44. The third-order valence-corrected chi connectivity index (χ3v) is 16.8. The van der Waals surface area contributed by atoms with Crippen LogP contribution < -0.4 is 5.11 Å². The Morgan fingerprint density at radius 3 is 0.977 bits per heavy atom. The maximum atomic E-state index is 13.0. The van der Waals surface area contributed by atoms with E-state index in [1.165, 1.54) is 263 Å². The highest BCUT2D eigenvalue weighted by atomic mass is 16.7. The number of allylic oxidation sites excluding steroid dienone is 10. The van der Waals surface area contributed by atoms with Crippen LogP contribution in [0.1, 0.15) is 361 Å². The number of unbranched alkanes of at least 4 members (excludes halogenated alkanes) is 45. The van der Waals surface area contributed by atoms with E-state index in [9.17, 15) is 19.5 Å². The van der Waals surface area contributed by atoms with E-state index in [2.05, 4.69) is 74.6 Å². The molecule has 0 saturated carbocycles. The van der Waals surface area contributed by atoms with Crippen LogP contribution in [0.25, 0.3) is 0 Å². The van der Waals surface area contributed by atoms with Gasteiger partial charge in [0.2, 0.25) is 0 Å². The lowest BCUT2D eigenvalue weighted by molar-refractivity contribution is -0.870. The maximum Gasteiger partial charge on any atom is 0.306 e. The molecule has 2 unspecified atom stereocenters. The van der Waals surface area contributed by atoms with Gasteiger partial charge in [0.25, 0.3) is 0 Å². The number of quaternary nitrogens is 1. The van der Waals surface area contributed by atoms with E-state index in [1.54, 1.807) is 0 Å². The van der Waals surface area contributed by atoms with E-state index in [1.807, 2.05) is 21.1 Å². The number of likely N-dealkylation sites (N-methyl/N-ethyl adjacent to an activating group) is 1. The van der Waals surface area contributed by atoms with E-state index in [0.717, 1.165) is 64.2 Å². The molecule has 0 bridgehead atoms. The molecular weight excluding hydrogens is 1080 g/mol. The average Bonchev–Trinajstić information content (AvgIpc) is 3.56. The van der Waals surface area contributed by atoms with Crippen molar-refractivity contribution in [2.24, 2.45) is 0 Å². The van der Waals surface area contributed by atoms with E-state index >= 15 is 0 Å². The molecular formula is C78H143NO8. The summed E-state index contributed by atoms with van der Waals surface area (Å²) in [7, 11) is 5.94. The van der Waals surface area contributed by atoms with Crippen LogP contribution >= 0.6 is 0 Å². The summed E-state index contributed by atoms with van der Waals surface area (Å²) in [6.45, 7) is 4.70. The molecule has 0 amide bonds. The first-order valence-corrected chi connectivity index (χ1v) is 37.4. The number of carbonyl (C=O) groups is 3. The molecule has 0 aromatic rings. The van der Waals surface area contributed by atoms with Gasteiger partial charge in [0.05, 0.1) is 40.3 Å². The van der Waals surface area contributed by atoms with Gasteiger partial charge in [0.15, 0.2) is 12.4 Å².